The highest BCUT2D eigenvalue weighted by molar-refractivity contribution is 14.1. The predicted octanol–water partition coefficient (Wildman–Crippen LogP) is 5.71. The van der Waals surface area contributed by atoms with Crippen LogP contribution in [0, 0.1) is 3.57 Å². The second-order valence-electron chi connectivity index (χ2n) is 4.21. The van der Waals surface area contributed by atoms with E-state index in [1.807, 2.05) is 24.3 Å². The minimum Gasteiger partial charge on any atom is -0.324 e. The monoisotopic (exact) mass is 513 g/mol. The van der Waals surface area contributed by atoms with Gasteiger partial charge >= 0.3 is 0 Å². The highest BCUT2D eigenvalue weighted by atomic mass is 127. The Labute approximate surface area is 148 Å². The molecule has 0 radical (unpaired) electrons. The highest BCUT2D eigenvalue weighted by Gasteiger charge is 2.13. The average Bonchev–Trinajstić information content (AvgIpc) is 2.35. The van der Waals surface area contributed by atoms with Gasteiger partial charge in [-0.2, -0.15) is 0 Å². The van der Waals surface area contributed by atoms with E-state index in [4.69, 9.17) is 17.3 Å². The molecule has 2 aromatic carbocycles. The first-order chi connectivity index (χ1) is 8.97. The van der Waals surface area contributed by atoms with Crippen LogP contribution >= 0.6 is 66.1 Å². The van der Waals surface area contributed by atoms with Crippen LogP contribution in [-0.2, 0) is 6.42 Å². The van der Waals surface area contributed by atoms with E-state index < -0.39 is 0 Å². The van der Waals surface area contributed by atoms with Gasteiger partial charge in [-0.25, -0.2) is 0 Å². The van der Waals surface area contributed by atoms with E-state index in [0.29, 0.717) is 0 Å². The second kappa shape index (κ2) is 6.89. The summed E-state index contributed by atoms with van der Waals surface area (Å²) in [4.78, 5) is 0. The fourth-order valence-electron chi connectivity index (χ4n) is 1.83. The Kier molecular flexibility index (Phi) is 5.72. The minimum absolute atomic E-state index is 0.0666. The van der Waals surface area contributed by atoms with Crippen molar-refractivity contribution in [2.75, 3.05) is 0 Å². The Morgan fingerprint density at radius 2 is 1.74 bits per heavy atom. The van der Waals surface area contributed by atoms with Gasteiger partial charge in [0.2, 0.25) is 0 Å². The zero-order valence-corrected chi connectivity index (χ0v) is 15.9. The molecule has 19 heavy (non-hydrogen) atoms. The third kappa shape index (κ3) is 4.17. The summed E-state index contributed by atoms with van der Waals surface area (Å²) in [6.45, 7) is 0. The maximum absolute atomic E-state index is 6.31. The molecule has 2 rings (SSSR count). The molecule has 0 fully saturated rings. The smallest absolute Gasteiger partial charge is 0.0449 e. The van der Waals surface area contributed by atoms with Crippen molar-refractivity contribution in [2.45, 2.75) is 12.5 Å². The van der Waals surface area contributed by atoms with Crippen molar-refractivity contribution in [1.82, 2.24) is 0 Å². The van der Waals surface area contributed by atoms with E-state index in [1.54, 1.807) is 0 Å². The van der Waals surface area contributed by atoms with Crippen molar-refractivity contribution in [1.29, 1.82) is 0 Å². The first-order valence-corrected chi connectivity index (χ1v) is 8.66. The van der Waals surface area contributed by atoms with Crippen molar-refractivity contribution in [2.24, 2.45) is 5.73 Å². The van der Waals surface area contributed by atoms with Crippen LogP contribution in [0.25, 0.3) is 0 Å². The zero-order valence-electron chi connectivity index (χ0n) is 9.84. The predicted molar refractivity (Wildman–Crippen MR) is 96.6 cm³/mol. The van der Waals surface area contributed by atoms with E-state index >= 15 is 0 Å². The van der Waals surface area contributed by atoms with Gasteiger partial charge in [-0.1, -0.05) is 49.5 Å². The lowest BCUT2D eigenvalue weighted by Crippen LogP contribution is -2.15. The Bertz CT molecular complexity index is 604. The first-order valence-electron chi connectivity index (χ1n) is 5.62. The fourth-order valence-corrected chi connectivity index (χ4v) is 3.70. The maximum Gasteiger partial charge on any atom is 0.0449 e. The lowest BCUT2D eigenvalue weighted by atomic mass is 10.00. The van der Waals surface area contributed by atoms with E-state index in [2.05, 4.69) is 66.6 Å². The first kappa shape index (κ1) is 15.8. The summed E-state index contributed by atoms with van der Waals surface area (Å²) in [7, 11) is 0. The van der Waals surface area contributed by atoms with Crippen molar-refractivity contribution in [3.63, 3.8) is 0 Å². The molecule has 0 aliphatic carbocycles. The molecule has 1 nitrogen and oxygen atoms in total. The molecular formula is C14H11Br2ClIN. The van der Waals surface area contributed by atoms with E-state index in [1.165, 1.54) is 3.57 Å². The van der Waals surface area contributed by atoms with E-state index in [9.17, 15) is 0 Å². The van der Waals surface area contributed by atoms with Gasteiger partial charge in [0, 0.05) is 23.6 Å². The van der Waals surface area contributed by atoms with Crippen LogP contribution in [0.15, 0.2) is 45.3 Å². The molecular weight excluding hydrogens is 504 g/mol. The quantitative estimate of drug-likeness (QED) is 0.521. The average molecular weight is 515 g/mol. The molecule has 2 N–H and O–H groups in total. The van der Waals surface area contributed by atoms with Crippen molar-refractivity contribution < 1.29 is 0 Å². The third-order valence-corrected chi connectivity index (χ3v) is 5.13. The topological polar surface area (TPSA) is 26.0 Å². The van der Waals surface area contributed by atoms with Gasteiger partial charge < -0.3 is 5.73 Å². The summed E-state index contributed by atoms with van der Waals surface area (Å²) in [6.07, 6.45) is 0.721. The van der Waals surface area contributed by atoms with Gasteiger partial charge in [0.05, 0.1) is 0 Å². The van der Waals surface area contributed by atoms with Crippen LogP contribution in [0.2, 0.25) is 5.02 Å². The molecule has 0 aliphatic rings. The Morgan fingerprint density at radius 1 is 1.11 bits per heavy atom. The summed E-state index contributed by atoms with van der Waals surface area (Å²) < 4.78 is 3.19. The zero-order chi connectivity index (χ0) is 14.0. The number of halogens is 4. The second-order valence-corrected chi connectivity index (χ2v) is 7.61. The summed E-state index contributed by atoms with van der Waals surface area (Å²) >= 11 is 15.4. The summed E-state index contributed by atoms with van der Waals surface area (Å²) in [6, 6.07) is 12.0. The largest absolute Gasteiger partial charge is 0.324 e. The van der Waals surface area contributed by atoms with Crippen LogP contribution in [-0.4, -0.2) is 0 Å². The fraction of sp³-hybridized carbons (Fsp3) is 0.143. The molecule has 1 atom stereocenters. The molecule has 0 saturated carbocycles. The van der Waals surface area contributed by atoms with Gasteiger partial charge in [-0.15, -0.1) is 0 Å². The molecule has 1 unspecified atom stereocenters. The molecule has 0 aliphatic heterocycles. The molecule has 0 saturated heterocycles. The van der Waals surface area contributed by atoms with Gasteiger partial charge in [-0.3, -0.25) is 0 Å². The molecule has 100 valence electrons. The van der Waals surface area contributed by atoms with Crippen LogP contribution < -0.4 is 5.73 Å². The molecule has 0 amide bonds. The number of benzene rings is 2. The normalized spacial score (nSPS) is 12.5. The maximum atomic E-state index is 6.31. The van der Waals surface area contributed by atoms with Crippen LogP contribution in [0.1, 0.15) is 17.2 Å². The Balaban J connectivity index is 2.25. The Morgan fingerprint density at radius 3 is 2.42 bits per heavy atom. The van der Waals surface area contributed by atoms with Gasteiger partial charge in [0.15, 0.2) is 0 Å². The van der Waals surface area contributed by atoms with Gasteiger partial charge in [-0.05, 0) is 70.5 Å². The van der Waals surface area contributed by atoms with Gasteiger partial charge in [0.25, 0.3) is 0 Å². The molecule has 2 aromatic rings. The molecule has 5 heteroatoms. The lowest BCUT2D eigenvalue weighted by molar-refractivity contribution is 0.717. The SMILES string of the molecule is NC(Cc1ccc(Br)cc1Cl)c1cc(Br)ccc1I. The van der Waals surface area contributed by atoms with Crippen LogP contribution in [0.5, 0.6) is 0 Å². The number of hydrogen-bond acceptors (Lipinski definition) is 1. The van der Waals surface area contributed by atoms with Crippen molar-refractivity contribution in [3.8, 4) is 0 Å². The van der Waals surface area contributed by atoms with E-state index in [0.717, 1.165) is 31.5 Å². The summed E-state index contributed by atoms with van der Waals surface area (Å²) in [5, 5.41) is 0.745. The molecule has 0 heterocycles. The van der Waals surface area contributed by atoms with Crippen molar-refractivity contribution in [3.05, 3.63) is 65.1 Å². The standard InChI is InChI=1S/C14H11Br2ClIN/c15-9-3-4-13(18)11(6-9)14(19)5-8-1-2-10(16)7-12(8)17/h1-4,6-7,14H,5,19H2. The highest BCUT2D eigenvalue weighted by Crippen LogP contribution is 2.28. The summed E-state index contributed by atoms with van der Waals surface area (Å²) in [5.41, 5.74) is 8.50. The summed E-state index contributed by atoms with van der Waals surface area (Å²) in [5.74, 6) is 0. The number of rotatable bonds is 3. The molecule has 0 spiro atoms. The lowest BCUT2D eigenvalue weighted by Gasteiger charge is -2.15. The number of nitrogens with two attached hydrogens (primary N) is 1. The van der Waals surface area contributed by atoms with E-state index in [-0.39, 0.29) is 6.04 Å². The van der Waals surface area contributed by atoms with Crippen LogP contribution in [0.4, 0.5) is 0 Å². The molecule has 0 aromatic heterocycles. The Hall–Kier alpha value is 0.380. The number of hydrogen-bond donors (Lipinski definition) is 1. The van der Waals surface area contributed by atoms with Gasteiger partial charge in [0.1, 0.15) is 0 Å². The third-order valence-electron chi connectivity index (χ3n) is 2.81. The van der Waals surface area contributed by atoms with Crippen molar-refractivity contribution >= 4 is 66.1 Å². The molecule has 0 bridgehead atoms. The van der Waals surface area contributed by atoms with Crippen LogP contribution in [0.3, 0.4) is 0 Å². The minimum atomic E-state index is -0.0666.